The number of hydrogen-bond donors (Lipinski definition) is 1. The van der Waals surface area contributed by atoms with Crippen LogP contribution in [0.2, 0.25) is 5.02 Å². The van der Waals surface area contributed by atoms with Crippen molar-refractivity contribution < 1.29 is 13.2 Å². The Balaban J connectivity index is 1.88. The summed E-state index contributed by atoms with van der Waals surface area (Å²) in [6, 6.07) is 13.4. The zero-order valence-electron chi connectivity index (χ0n) is 11.3. The Bertz CT molecular complexity index is 699. The lowest BCUT2D eigenvalue weighted by molar-refractivity contribution is 0.317. The minimum absolute atomic E-state index is 0.00823. The zero-order valence-corrected chi connectivity index (χ0v) is 12.9. The van der Waals surface area contributed by atoms with Gasteiger partial charge in [-0.05, 0) is 42.8 Å². The van der Waals surface area contributed by atoms with Crippen molar-refractivity contribution in [1.29, 1.82) is 0 Å². The molecule has 0 aliphatic rings. The van der Waals surface area contributed by atoms with Crippen LogP contribution in [0.3, 0.4) is 0 Å². The molecule has 2 aromatic rings. The first kappa shape index (κ1) is 15.7. The van der Waals surface area contributed by atoms with Crippen molar-refractivity contribution in [3.8, 4) is 5.75 Å². The number of benzene rings is 2. The van der Waals surface area contributed by atoms with E-state index in [1.54, 1.807) is 42.5 Å². The van der Waals surface area contributed by atoms with Crippen LogP contribution in [-0.4, -0.2) is 20.8 Å². The lowest BCUT2D eigenvalue weighted by Gasteiger charge is -2.08. The van der Waals surface area contributed by atoms with Gasteiger partial charge in [0.2, 0.25) is 0 Å². The molecule has 0 atom stereocenters. The molecule has 0 amide bonds. The predicted octanol–water partition coefficient (Wildman–Crippen LogP) is 3.17. The van der Waals surface area contributed by atoms with E-state index in [0.717, 1.165) is 0 Å². The lowest BCUT2D eigenvalue weighted by atomic mass is 10.3. The number of nitrogens with two attached hydrogens (primary N) is 1. The van der Waals surface area contributed by atoms with Gasteiger partial charge in [-0.3, -0.25) is 0 Å². The average Bonchev–Trinajstić information content (AvgIpc) is 2.46. The molecule has 0 aliphatic heterocycles. The van der Waals surface area contributed by atoms with Crippen LogP contribution in [0, 0.1) is 0 Å². The normalized spacial score (nSPS) is 11.3. The summed E-state index contributed by atoms with van der Waals surface area (Å²) in [7, 11) is -3.38. The van der Waals surface area contributed by atoms with Crippen molar-refractivity contribution >= 4 is 27.1 Å². The third kappa shape index (κ3) is 4.37. The van der Waals surface area contributed by atoms with E-state index in [1.165, 1.54) is 6.07 Å². The monoisotopic (exact) mass is 325 g/mol. The summed E-state index contributed by atoms with van der Waals surface area (Å²) in [6.07, 6.45) is 0.387. The molecule has 0 fully saturated rings. The fraction of sp³-hybridized carbons (Fsp3) is 0.200. The van der Waals surface area contributed by atoms with Crippen molar-refractivity contribution in [3.05, 3.63) is 53.6 Å². The summed E-state index contributed by atoms with van der Waals surface area (Å²) in [5, 5.41) is 0.247. The number of nitrogen functional groups attached to an aromatic ring is 1. The average molecular weight is 326 g/mol. The number of halogens is 1. The number of ether oxygens (including phenoxy) is 1. The van der Waals surface area contributed by atoms with Gasteiger partial charge >= 0.3 is 0 Å². The maximum atomic E-state index is 12.2. The smallest absolute Gasteiger partial charge is 0.179 e. The molecular formula is C15H16ClNO3S. The van der Waals surface area contributed by atoms with Crippen molar-refractivity contribution in [3.63, 3.8) is 0 Å². The second kappa shape index (κ2) is 6.83. The van der Waals surface area contributed by atoms with E-state index in [2.05, 4.69) is 0 Å². The Morgan fingerprint density at radius 2 is 1.71 bits per heavy atom. The summed E-state index contributed by atoms with van der Waals surface area (Å²) >= 11 is 5.91. The van der Waals surface area contributed by atoms with Gasteiger partial charge in [-0.1, -0.05) is 23.7 Å². The van der Waals surface area contributed by atoms with Gasteiger partial charge < -0.3 is 10.5 Å². The standard InChI is InChI=1S/C15H16ClNO3S/c16-14-4-1-2-5-15(14)21(18,19)11-3-10-20-13-8-6-12(17)7-9-13/h1-2,4-9H,3,10-11,17H2. The highest BCUT2D eigenvalue weighted by atomic mass is 35.5. The maximum absolute atomic E-state index is 12.2. The Morgan fingerprint density at radius 3 is 2.38 bits per heavy atom. The van der Waals surface area contributed by atoms with Crippen molar-refractivity contribution in [1.82, 2.24) is 0 Å². The van der Waals surface area contributed by atoms with Crippen molar-refractivity contribution in [2.24, 2.45) is 0 Å². The minimum atomic E-state index is -3.38. The highest BCUT2D eigenvalue weighted by molar-refractivity contribution is 7.91. The molecule has 0 unspecified atom stereocenters. The van der Waals surface area contributed by atoms with Gasteiger partial charge in [-0.15, -0.1) is 0 Å². The second-order valence-corrected chi connectivity index (χ2v) is 7.01. The van der Waals surface area contributed by atoms with Gasteiger partial charge in [0.05, 0.1) is 22.3 Å². The van der Waals surface area contributed by atoms with Gasteiger partial charge in [0, 0.05) is 5.69 Å². The first-order valence-electron chi connectivity index (χ1n) is 6.45. The van der Waals surface area contributed by atoms with E-state index in [0.29, 0.717) is 24.5 Å². The Labute approximate surface area is 129 Å². The highest BCUT2D eigenvalue weighted by Crippen LogP contribution is 2.22. The molecule has 6 heteroatoms. The molecule has 112 valence electrons. The van der Waals surface area contributed by atoms with E-state index in [9.17, 15) is 8.42 Å². The quantitative estimate of drug-likeness (QED) is 0.654. The Hall–Kier alpha value is -1.72. The van der Waals surface area contributed by atoms with E-state index in [1.807, 2.05) is 0 Å². The molecule has 0 aliphatic carbocycles. The van der Waals surface area contributed by atoms with Crippen molar-refractivity contribution in [2.75, 3.05) is 18.1 Å². The van der Waals surface area contributed by atoms with Crippen LogP contribution in [0.4, 0.5) is 5.69 Å². The molecule has 0 heterocycles. The maximum Gasteiger partial charge on any atom is 0.179 e. The van der Waals surface area contributed by atoms with Crippen LogP contribution in [0.15, 0.2) is 53.4 Å². The second-order valence-electron chi connectivity index (χ2n) is 4.52. The predicted molar refractivity (Wildman–Crippen MR) is 84.5 cm³/mol. The number of sulfone groups is 1. The van der Waals surface area contributed by atoms with Gasteiger partial charge in [0.1, 0.15) is 5.75 Å². The molecule has 0 bridgehead atoms. The van der Waals surface area contributed by atoms with Crippen LogP contribution >= 0.6 is 11.6 Å². The molecular weight excluding hydrogens is 310 g/mol. The fourth-order valence-electron chi connectivity index (χ4n) is 1.81. The molecule has 0 spiro atoms. The number of anilines is 1. The first-order valence-corrected chi connectivity index (χ1v) is 8.48. The fourth-order valence-corrected chi connectivity index (χ4v) is 3.67. The Morgan fingerprint density at radius 1 is 1.05 bits per heavy atom. The van der Waals surface area contributed by atoms with Crippen LogP contribution in [0.25, 0.3) is 0 Å². The third-order valence-corrected chi connectivity index (χ3v) is 5.17. The van der Waals surface area contributed by atoms with E-state index >= 15 is 0 Å². The van der Waals surface area contributed by atoms with E-state index in [-0.39, 0.29) is 15.7 Å². The third-order valence-electron chi connectivity index (χ3n) is 2.88. The van der Waals surface area contributed by atoms with Crippen LogP contribution in [0.1, 0.15) is 6.42 Å². The minimum Gasteiger partial charge on any atom is -0.494 e. The molecule has 2 aromatic carbocycles. The van der Waals surface area contributed by atoms with Crippen LogP contribution in [0.5, 0.6) is 5.75 Å². The lowest BCUT2D eigenvalue weighted by Crippen LogP contribution is -2.11. The summed E-state index contributed by atoms with van der Waals surface area (Å²) < 4.78 is 29.8. The largest absolute Gasteiger partial charge is 0.494 e. The summed E-state index contributed by atoms with van der Waals surface area (Å²) in [5.41, 5.74) is 6.23. The van der Waals surface area contributed by atoms with Crippen LogP contribution in [-0.2, 0) is 9.84 Å². The first-order chi connectivity index (χ1) is 9.99. The molecule has 0 radical (unpaired) electrons. The summed E-state index contributed by atoms with van der Waals surface area (Å²) in [6.45, 7) is 0.313. The molecule has 4 nitrogen and oxygen atoms in total. The zero-order chi connectivity index (χ0) is 15.3. The van der Waals surface area contributed by atoms with Crippen molar-refractivity contribution in [2.45, 2.75) is 11.3 Å². The molecule has 0 aromatic heterocycles. The van der Waals surface area contributed by atoms with E-state index in [4.69, 9.17) is 22.1 Å². The number of rotatable bonds is 6. The topological polar surface area (TPSA) is 69.4 Å². The molecule has 0 saturated heterocycles. The molecule has 21 heavy (non-hydrogen) atoms. The van der Waals surface area contributed by atoms with Gasteiger partial charge in [-0.2, -0.15) is 0 Å². The van der Waals surface area contributed by atoms with Gasteiger partial charge in [0.25, 0.3) is 0 Å². The molecule has 0 saturated carbocycles. The van der Waals surface area contributed by atoms with Crippen LogP contribution < -0.4 is 10.5 Å². The van der Waals surface area contributed by atoms with Gasteiger partial charge in [0.15, 0.2) is 9.84 Å². The Kier molecular flexibility index (Phi) is 5.09. The molecule has 2 rings (SSSR count). The molecule has 2 N–H and O–H groups in total. The number of hydrogen-bond acceptors (Lipinski definition) is 4. The summed E-state index contributed by atoms with van der Waals surface area (Å²) in [4.78, 5) is 0.166. The summed E-state index contributed by atoms with van der Waals surface area (Å²) in [5.74, 6) is 0.658. The van der Waals surface area contributed by atoms with Gasteiger partial charge in [-0.25, -0.2) is 8.42 Å². The van der Waals surface area contributed by atoms with E-state index < -0.39 is 9.84 Å². The highest BCUT2D eigenvalue weighted by Gasteiger charge is 2.17. The SMILES string of the molecule is Nc1ccc(OCCCS(=O)(=O)c2ccccc2Cl)cc1.